The molecule has 0 spiro atoms. The van der Waals surface area contributed by atoms with Gasteiger partial charge in [-0.25, -0.2) is 0 Å². The molecule has 0 aliphatic carbocycles. The highest BCUT2D eigenvalue weighted by molar-refractivity contribution is 6.06. The molecule has 1 aromatic rings. The van der Waals surface area contributed by atoms with E-state index in [4.69, 9.17) is 0 Å². The monoisotopic (exact) mass is 243 g/mol. The Hall–Kier alpha value is -2.30. The van der Waals surface area contributed by atoms with E-state index < -0.39 is 0 Å². The van der Waals surface area contributed by atoms with E-state index in [1.807, 2.05) is 6.92 Å². The predicted molar refractivity (Wildman–Crippen MR) is 66.3 cm³/mol. The van der Waals surface area contributed by atoms with Crippen molar-refractivity contribution in [2.75, 3.05) is 6.54 Å². The van der Waals surface area contributed by atoms with Crippen LogP contribution >= 0.6 is 0 Å². The number of carbonyl (C=O) groups is 2. The second-order valence-corrected chi connectivity index (χ2v) is 3.94. The third kappa shape index (κ3) is 2.88. The molecule has 0 saturated carbocycles. The summed E-state index contributed by atoms with van der Waals surface area (Å²) in [5, 5.41) is 0. The van der Waals surface area contributed by atoms with Crippen molar-refractivity contribution in [3.63, 3.8) is 0 Å². The van der Waals surface area contributed by atoms with E-state index in [-0.39, 0.29) is 11.8 Å². The van der Waals surface area contributed by atoms with Crippen LogP contribution in [-0.4, -0.2) is 33.2 Å². The van der Waals surface area contributed by atoms with Crippen LogP contribution < -0.4 is 0 Å². The first-order valence-corrected chi connectivity index (χ1v) is 5.65. The number of imide groups is 1. The lowest BCUT2D eigenvalue weighted by Gasteiger charge is -2.19. The number of aromatic nitrogens is 2. The number of amides is 2. The van der Waals surface area contributed by atoms with Gasteiger partial charge in [0.1, 0.15) is 0 Å². The zero-order valence-electron chi connectivity index (χ0n) is 10.0. The lowest BCUT2D eigenvalue weighted by atomic mass is 10.2. The molecule has 0 aromatic carbocycles. The third-order valence-electron chi connectivity index (χ3n) is 2.51. The Morgan fingerprint density at radius 2 is 2.22 bits per heavy atom. The van der Waals surface area contributed by atoms with E-state index in [1.54, 1.807) is 24.5 Å². The van der Waals surface area contributed by atoms with Crippen molar-refractivity contribution in [2.24, 2.45) is 0 Å². The largest absolute Gasteiger partial charge is 0.275 e. The molecular weight excluding hydrogens is 230 g/mol. The molecule has 5 heteroatoms. The summed E-state index contributed by atoms with van der Waals surface area (Å²) >= 11 is 0. The fraction of sp³-hybridized carbons (Fsp3) is 0.231. The molecule has 92 valence electrons. The first-order chi connectivity index (χ1) is 8.66. The summed E-state index contributed by atoms with van der Waals surface area (Å²) in [5.74, 6) is -0.599. The molecule has 2 heterocycles. The first-order valence-electron chi connectivity index (χ1n) is 5.65. The van der Waals surface area contributed by atoms with Gasteiger partial charge in [0.2, 0.25) is 0 Å². The first kappa shape index (κ1) is 12.2. The van der Waals surface area contributed by atoms with E-state index in [0.29, 0.717) is 18.7 Å². The molecule has 2 rings (SSSR count). The summed E-state index contributed by atoms with van der Waals surface area (Å²) in [5.41, 5.74) is 1.41. The molecule has 0 fully saturated rings. The summed E-state index contributed by atoms with van der Waals surface area (Å²) in [7, 11) is 0. The van der Waals surface area contributed by atoms with Crippen LogP contribution in [0.3, 0.4) is 0 Å². The van der Waals surface area contributed by atoms with Crippen molar-refractivity contribution in [1.29, 1.82) is 0 Å². The van der Waals surface area contributed by atoms with E-state index in [2.05, 4.69) is 9.97 Å². The Morgan fingerprint density at radius 1 is 1.39 bits per heavy atom. The minimum atomic E-state index is -0.327. The molecule has 0 atom stereocenters. The lowest BCUT2D eigenvalue weighted by Crippen LogP contribution is -2.37. The number of carbonyl (C=O) groups excluding carboxylic acids is 2. The SMILES string of the molecule is Cc1cnc(/C=C/C(=O)N2CCC=CC2=O)cn1. The maximum Gasteiger partial charge on any atom is 0.253 e. The van der Waals surface area contributed by atoms with Crippen molar-refractivity contribution in [3.05, 3.63) is 42.0 Å². The van der Waals surface area contributed by atoms with Crippen molar-refractivity contribution in [1.82, 2.24) is 14.9 Å². The van der Waals surface area contributed by atoms with Gasteiger partial charge in [-0.05, 0) is 25.5 Å². The Balaban J connectivity index is 2.05. The summed E-state index contributed by atoms with van der Waals surface area (Å²) in [6.07, 6.45) is 9.99. The van der Waals surface area contributed by atoms with Crippen molar-refractivity contribution in [3.8, 4) is 0 Å². The molecule has 1 aromatic heterocycles. The Labute approximate surface area is 105 Å². The second kappa shape index (κ2) is 5.35. The zero-order chi connectivity index (χ0) is 13.0. The highest BCUT2D eigenvalue weighted by Crippen LogP contribution is 2.05. The number of nitrogens with zero attached hydrogens (tertiary/aromatic N) is 3. The van der Waals surface area contributed by atoms with Crippen LogP contribution in [0.4, 0.5) is 0 Å². The van der Waals surface area contributed by atoms with E-state index >= 15 is 0 Å². The molecule has 0 saturated heterocycles. The van der Waals surface area contributed by atoms with Gasteiger partial charge in [0.25, 0.3) is 11.8 Å². The highest BCUT2D eigenvalue weighted by atomic mass is 16.2. The zero-order valence-corrected chi connectivity index (χ0v) is 10.0. The Bertz CT molecular complexity index is 518. The molecule has 0 radical (unpaired) electrons. The van der Waals surface area contributed by atoms with Crippen LogP contribution in [-0.2, 0) is 9.59 Å². The molecule has 0 bridgehead atoms. The number of hydrogen-bond donors (Lipinski definition) is 0. The van der Waals surface area contributed by atoms with Crippen molar-refractivity contribution < 1.29 is 9.59 Å². The molecule has 1 aliphatic heterocycles. The molecule has 2 amide bonds. The van der Waals surface area contributed by atoms with E-state index in [9.17, 15) is 9.59 Å². The van der Waals surface area contributed by atoms with Gasteiger partial charge in [0.05, 0.1) is 17.6 Å². The minimum absolute atomic E-state index is 0.272. The maximum atomic E-state index is 11.8. The van der Waals surface area contributed by atoms with Crippen LogP contribution in [0.2, 0.25) is 0 Å². The van der Waals surface area contributed by atoms with Gasteiger partial charge in [-0.3, -0.25) is 24.5 Å². The number of hydrogen-bond acceptors (Lipinski definition) is 4. The fourth-order valence-corrected chi connectivity index (χ4v) is 1.54. The normalized spacial score (nSPS) is 15.4. The smallest absolute Gasteiger partial charge is 0.253 e. The quantitative estimate of drug-likeness (QED) is 0.730. The van der Waals surface area contributed by atoms with Gasteiger partial charge >= 0.3 is 0 Å². The van der Waals surface area contributed by atoms with Gasteiger partial charge < -0.3 is 0 Å². The van der Waals surface area contributed by atoms with Crippen LogP contribution in [0.1, 0.15) is 17.8 Å². The fourth-order valence-electron chi connectivity index (χ4n) is 1.54. The second-order valence-electron chi connectivity index (χ2n) is 3.94. The van der Waals surface area contributed by atoms with Gasteiger partial charge in [-0.15, -0.1) is 0 Å². The van der Waals surface area contributed by atoms with Gasteiger partial charge in [0, 0.05) is 18.8 Å². The van der Waals surface area contributed by atoms with E-state index in [1.165, 1.54) is 17.1 Å². The topological polar surface area (TPSA) is 63.2 Å². The minimum Gasteiger partial charge on any atom is -0.275 e. The predicted octanol–water partition coefficient (Wildman–Crippen LogP) is 1.11. The molecule has 0 N–H and O–H groups in total. The van der Waals surface area contributed by atoms with Gasteiger partial charge in [-0.2, -0.15) is 0 Å². The summed E-state index contributed by atoms with van der Waals surface area (Å²) in [6.45, 7) is 2.27. The van der Waals surface area contributed by atoms with Gasteiger partial charge in [0.15, 0.2) is 0 Å². The molecule has 5 nitrogen and oxygen atoms in total. The summed E-state index contributed by atoms with van der Waals surface area (Å²) < 4.78 is 0. The number of rotatable bonds is 2. The van der Waals surface area contributed by atoms with Crippen LogP contribution in [0.25, 0.3) is 6.08 Å². The van der Waals surface area contributed by atoms with Crippen molar-refractivity contribution >= 4 is 17.9 Å². The molecule has 0 unspecified atom stereocenters. The Kier molecular flexibility index (Phi) is 3.62. The Morgan fingerprint density at radius 3 is 2.89 bits per heavy atom. The summed E-state index contributed by atoms with van der Waals surface area (Å²) in [4.78, 5) is 32.6. The molecule has 18 heavy (non-hydrogen) atoms. The lowest BCUT2D eigenvalue weighted by molar-refractivity contribution is -0.139. The van der Waals surface area contributed by atoms with Crippen LogP contribution in [0, 0.1) is 6.92 Å². The average Bonchev–Trinajstić information content (AvgIpc) is 2.38. The van der Waals surface area contributed by atoms with Crippen LogP contribution in [0.5, 0.6) is 0 Å². The highest BCUT2D eigenvalue weighted by Gasteiger charge is 2.18. The van der Waals surface area contributed by atoms with Crippen LogP contribution in [0.15, 0.2) is 30.6 Å². The average molecular weight is 243 g/mol. The van der Waals surface area contributed by atoms with E-state index in [0.717, 1.165) is 5.69 Å². The molecular formula is C13H13N3O2. The molecule has 1 aliphatic rings. The number of aryl methyl sites for hydroxylation is 1. The third-order valence-corrected chi connectivity index (χ3v) is 2.51. The maximum absolute atomic E-state index is 11.8. The van der Waals surface area contributed by atoms with Crippen molar-refractivity contribution in [2.45, 2.75) is 13.3 Å². The van der Waals surface area contributed by atoms with Gasteiger partial charge in [-0.1, -0.05) is 6.08 Å². The standard InChI is InChI=1S/C13H13N3O2/c1-10-8-15-11(9-14-10)5-6-13(18)16-7-3-2-4-12(16)17/h2,4-6,8-9H,3,7H2,1H3/b6-5+. The summed E-state index contributed by atoms with van der Waals surface area (Å²) in [6, 6.07) is 0.